The lowest BCUT2D eigenvalue weighted by Gasteiger charge is -2.24. The molecule has 0 aromatic carbocycles. The van der Waals surface area contributed by atoms with Crippen LogP contribution in [0, 0.1) is 0 Å². The summed E-state index contributed by atoms with van der Waals surface area (Å²) in [5.74, 6) is 0.675. The van der Waals surface area contributed by atoms with Crippen molar-refractivity contribution in [2.45, 2.75) is 38.6 Å². The third-order valence-electron chi connectivity index (χ3n) is 4.11. The molecule has 1 amide bonds. The molecule has 1 unspecified atom stereocenters. The molecule has 2 aromatic rings. The number of pyridine rings is 1. The molecular formula is C17H20N4O2. The van der Waals surface area contributed by atoms with Crippen LogP contribution in [0.2, 0.25) is 0 Å². The van der Waals surface area contributed by atoms with Gasteiger partial charge in [-0.2, -0.15) is 0 Å². The summed E-state index contributed by atoms with van der Waals surface area (Å²) in [4.78, 5) is 37.8. The Balaban J connectivity index is 1.93. The minimum absolute atomic E-state index is 0.0711. The van der Waals surface area contributed by atoms with Crippen LogP contribution >= 0.6 is 0 Å². The van der Waals surface area contributed by atoms with E-state index in [1.165, 1.54) is 6.07 Å². The molecule has 120 valence electrons. The maximum absolute atomic E-state index is 12.7. The zero-order valence-electron chi connectivity index (χ0n) is 13.3. The van der Waals surface area contributed by atoms with Crippen molar-refractivity contribution in [3.63, 3.8) is 0 Å². The van der Waals surface area contributed by atoms with Crippen molar-refractivity contribution >= 4 is 5.91 Å². The van der Waals surface area contributed by atoms with Gasteiger partial charge >= 0.3 is 0 Å². The highest BCUT2D eigenvalue weighted by Crippen LogP contribution is 2.31. The Morgan fingerprint density at radius 1 is 1.43 bits per heavy atom. The Morgan fingerprint density at radius 2 is 2.26 bits per heavy atom. The summed E-state index contributed by atoms with van der Waals surface area (Å²) in [6.45, 7) is 4.66. The van der Waals surface area contributed by atoms with Gasteiger partial charge in [-0.05, 0) is 30.9 Å². The maximum Gasteiger partial charge on any atom is 0.256 e. The third-order valence-corrected chi connectivity index (χ3v) is 4.11. The first-order valence-corrected chi connectivity index (χ1v) is 7.88. The Labute approximate surface area is 134 Å². The zero-order chi connectivity index (χ0) is 16.4. The van der Waals surface area contributed by atoms with Crippen LogP contribution in [-0.4, -0.2) is 32.3 Å². The summed E-state index contributed by atoms with van der Waals surface area (Å²) in [6.07, 6.45) is 4.91. The minimum atomic E-state index is -0.186. The second-order valence-electron chi connectivity index (χ2n) is 6.11. The van der Waals surface area contributed by atoms with Crippen LogP contribution in [-0.2, 0) is 0 Å². The van der Waals surface area contributed by atoms with Crippen LogP contribution in [0.15, 0.2) is 35.4 Å². The summed E-state index contributed by atoms with van der Waals surface area (Å²) in [5, 5.41) is 0. The van der Waals surface area contributed by atoms with E-state index in [2.05, 4.69) is 15.0 Å². The number of hydrogen-bond acceptors (Lipinski definition) is 4. The fourth-order valence-corrected chi connectivity index (χ4v) is 2.90. The summed E-state index contributed by atoms with van der Waals surface area (Å²) in [7, 11) is 0. The lowest BCUT2D eigenvalue weighted by molar-refractivity contribution is 0.0729. The second kappa shape index (κ2) is 6.32. The number of amides is 1. The first kappa shape index (κ1) is 15.4. The molecule has 1 saturated heterocycles. The number of nitrogens with one attached hydrogen (secondary N) is 1. The fourth-order valence-electron chi connectivity index (χ4n) is 2.90. The van der Waals surface area contributed by atoms with E-state index < -0.39 is 0 Å². The minimum Gasteiger partial charge on any atom is -0.328 e. The van der Waals surface area contributed by atoms with Crippen LogP contribution in [0.4, 0.5) is 0 Å². The van der Waals surface area contributed by atoms with E-state index in [1.807, 2.05) is 13.8 Å². The molecule has 1 aliphatic rings. The van der Waals surface area contributed by atoms with Crippen molar-refractivity contribution in [1.82, 2.24) is 19.9 Å². The van der Waals surface area contributed by atoms with Gasteiger partial charge in [-0.1, -0.05) is 13.8 Å². The topological polar surface area (TPSA) is 79.0 Å². The fraction of sp³-hybridized carbons (Fsp3) is 0.412. The van der Waals surface area contributed by atoms with Gasteiger partial charge in [0.15, 0.2) is 0 Å². The SMILES string of the molecule is CC(C)c1cc(=O)[nH]c(C2CCCN2C(=O)c2cccnc2)n1. The predicted molar refractivity (Wildman–Crippen MR) is 86.2 cm³/mol. The Bertz CT molecular complexity index is 755. The van der Waals surface area contributed by atoms with Gasteiger partial charge < -0.3 is 9.88 Å². The van der Waals surface area contributed by atoms with Crippen LogP contribution in [0.3, 0.4) is 0 Å². The van der Waals surface area contributed by atoms with E-state index in [9.17, 15) is 9.59 Å². The maximum atomic E-state index is 12.7. The van der Waals surface area contributed by atoms with E-state index in [-0.39, 0.29) is 23.4 Å². The quantitative estimate of drug-likeness (QED) is 0.943. The number of aromatic nitrogens is 3. The molecule has 0 radical (unpaired) electrons. The van der Waals surface area contributed by atoms with Crippen molar-refractivity contribution in [3.8, 4) is 0 Å². The molecule has 0 bridgehead atoms. The average molecular weight is 312 g/mol. The van der Waals surface area contributed by atoms with Gasteiger partial charge in [-0.25, -0.2) is 4.98 Å². The first-order chi connectivity index (χ1) is 11.1. The highest BCUT2D eigenvalue weighted by Gasteiger charge is 2.32. The highest BCUT2D eigenvalue weighted by molar-refractivity contribution is 5.94. The second-order valence-corrected chi connectivity index (χ2v) is 6.11. The normalized spacial score (nSPS) is 17.7. The molecule has 3 rings (SSSR count). The van der Waals surface area contributed by atoms with Crippen LogP contribution in [0.25, 0.3) is 0 Å². The molecule has 1 N–H and O–H groups in total. The summed E-state index contributed by atoms with van der Waals surface area (Å²) < 4.78 is 0. The largest absolute Gasteiger partial charge is 0.328 e. The molecule has 1 fully saturated rings. The molecule has 6 heteroatoms. The van der Waals surface area contributed by atoms with Crippen molar-refractivity contribution in [2.24, 2.45) is 0 Å². The molecule has 3 heterocycles. The standard InChI is InChI=1S/C17H20N4O2/c1-11(2)13-9-15(22)20-16(19-13)14-6-4-8-21(14)17(23)12-5-3-7-18-10-12/h3,5,7,9-11,14H,4,6,8H2,1-2H3,(H,19,20,22). The van der Waals surface area contributed by atoms with Crippen LogP contribution in [0.5, 0.6) is 0 Å². The summed E-state index contributed by atoms with van der Waals surface area (Å²) in [6, 6.07) is 4.84. The molecule has 2 aromatic heterocycles. The van der Waals surface area contributed by atoms with E-state index in [1.54, 1.807) is 29.4 Å². The lowest BCUT2D eigenvalue weighted by Crippen LogP contribution is -2.32. The first-order valence-electron chi connectivity index (χ1n) is 7.88. The number of H-pyrrole nitrogens is 1. The molecule has 0 aliphatic carbocycles. The van der Waals surface area contributed by atoms with Crippen molar-refractivity contribution < 1.29 is 4.79 Å². The van der Waals surface area contributed by atoms with Gasteiger partial charge in [0.25, 0.3) is 11.5 Å². The average Bonchev–Trinajstić information content (AvgIpc) is 3.04. The molecule has 23 heavy (non-hydrogen) atoms. The molecule has 1 atom stereocenters. The van der Waals surface area contributed by atoms with Gasteiger partial charge in [-0.3, -0.25) is 14.6 Å². The number of hydrogen-bond donors (Lipinski definition) is 1. The predicted octanol–water partition coefficient (Wildman–Crippen LogP) is 2.27. The van der Waals surface area contributed by atoms with Crippen molar-refractivity contribution in [1.29, 1.82) is 0 Å². The van der Waals surface area contributed by atoms with Gasteiger partial charge in [0.1, 0.15) is 5.82 Å². The summed E-state index contributed by atoms with van der Waals surface area (Å²) >= 11 is 0. The third kappa shape index (κ3) is 3.16. The van der Waals surface area contributed by atoms with E-state index in [0.717, 1.165) is 18.5 Å². The number of nitrogens with zero attached hydrogens (tertiary/aromatic N) is 3. The Morgan fingerprint density at radius 3 is 2.96 bits per heavy atom. The monoisotopic (exact) mass is 312 g/mol. The highest BCUT2D eigenvalue weighted by atomic mass is 16.2. The smallest absolute Gasteiger partial charge is 0.256 e. The lowest BCUT2D eigenvalue weighted by atomic mass is 10.1. The van der Waals surface area contributed by atoms with Crippen LogP contribution in [0.1, 0.15) is 60.5 Å². The van der Waals surface area contributed by atoms with E-state index in [4.69, 9.17) is 0 Å². The number of rotatable bonds is 3. The number of aromatic amines is 1. The molecular weight excluding hydrogens is 292 g/mol. The van der Waals surface area contributed by atoms with Crippen molar-refractivity contribution in [2.75, 3.05) is 6.54 Å². The van der Waals surface area contributed by atoms with Crippen molar-refractivity contribution in [3.05, 3.63) is 58.0 Å². The van der Waals surface area contributed by atoms with Gasteiger partial charge in [0.2, 0.25) is 0 Å². The molecule has 6 nitrogen and oxygen atoms in total. The molecule has 0 spiro atoms. The van der Waals surface area contributed by atoms with E-state index in [0.29, 0.717) is 17.9 Å². The Kier molecular flexibility index (Phi) is 4.23. The van der Waals surface area contributed by atoms with Crippen LogP contribution < -0.4 is 5.56 Å². The summed E-state index contributed by atoms with van der Waals surface area (Å²) in [5.41, 5.74) is 1.14. The molecule has 1 aliphatic heterocycles. The zero-order valence-corrected chi connectivity index (χ0v) is 13.3. The van der Waals surface area contributed by atoms with Gasteiger partial charge in [-0.15, -0.1) is 0 Å². The van der Waals surface area contributed by atoms with Gasteiger partial charge in [0, 0.05) is 25.0 Å². The Hall–Kier alpha value is -2.50. The molecule has 0 saturated carbocycles. The number of carbonyl (C=O) groups excluding carboxylic acids is 1. The van der Waals surface area contributed by atoms with Gasteiger partial charge in [0.05, 0.1) is 17.3 Å². The van der Waals surface area contributed by atoms with E-state index >= 15 is 0 Å². The number of likely N-dealkylation sites (tertiary alicyclic amines) is 1. The number of carbonyl (C=O) groups is 1.